The largest absolute Gasteiger partial charge is 0.369 e. The molecule has 1 heterocycles. The highest BCUT2D eigenvalue weighted by Gasteiger charge is 2.08. The van der Waals surface area contributed by atoms with Crippen LogP contribution in [-0.4, -0.2) is 16.5 Å². The van der Waals surface area contributed by atoms with Crippen LogP contribution in [0.1, 0.15) is 24.5 Å². The van der Waals surface area contributed by atoms with E-state index in [4.69, 9.17) is 0 Å². The number of hydrogen-bond acceptors (Lipinski definition) is 4. The van der Waals surface area contributed by atoms with E-state index in [1.54, 1.807) is 6.33 Å². The number of nitrogens with one attached hydrogen (secondary N) is 2. The predicted molar refractivity (Wildman–Crippen MR) is 87.0 cm³/mol. The summed E-state index contributed by atoms with van der Waals surface area (Å²) in [7, 11) is 0. The molecule has 2 N–H and O–H groups in total. The zero-order valence-corrected chi connectivity index (χ0v) is 13.4. The lowest BCUT2D eigenvalue weighted by molar-refractivity contribution is 0.960. The molecule has 0 unspecified atom stereocenters. The van der Waals surface area contributed by atoms with Gasteiger partial charge in [-0.3, -0.25) is 0 Å². The standard InChI is InChI=1S/C15H19BrN4/c1-3-8-17-14-13(16)15(20-10-19-14)18-9-12-7-5-4-6-11(12)2/h4-7,10H,3,8-9H2,1-2H3,(H2,17,18,19,20). The highest BCUT2D eigenvalue weighted by molar-refractivity contribution is 9.10. The molecule has 0 atom stereocenters. The van der Waals surface area contributed by atoms with Gasteiger partial charge in [-0.1, -0.05) is 31.2 Å². The van der Waals surface area contributed by atoms with Gasteiger partial charge in [-0.25, -0.2) is 9.97 Å². The molecule has 0 amide bonds. The van der Waals surface area contributed by atoms with E-state index in [2.05, 4.69) is 62.5 Å². The van der Waals surface area contributed by atoms with Gasteiger partial charge < -0.3 is 10.6 Å². The van der Waals surface area contributed by atoms with Crippen molar-refractivity contribution in [3.63, 3.8) is 0 Å². The lowest BCUT2D eigenvalue weighted by Gasteiger charge is -2.12. The summed E-state index contributed by atoms with van der Waals surface area (Å²) in [5.41, 5.74) is 2.54. The van der Waals surface area contributed by atoms with Crippen molar-refractivity contribution in [3.8, 4) is 0 Å². The van der Waals surface area contributed by atoms with E-state index >= 15 is 0 Å². The molecule has 106 valence electrons. The Balaban J connectivity index is 2.08. The van der Waals surface area contributed by atoms with Gasteiger partial charge in [-0.2, -0.15) is 0 Å². The Morgan fingerprint density at radius 1 is 1.10 bits per heavy atom. The molecule has 4 nitrogen and oxygen atoms in total. The van der Waals surface area contributed by atoms with Gasteiger partial charge in [-0.15, -0.1) is 0 Å². The van der Waals surface area contributed by atoms with E-state index in [-0.39, 0.29) is 0 Å². The molecule has 2 rings (SSSR count). The van der Waals surface area contributed by atoms with Gasteiger partial charge >= 0.3 is 0 Å². The molecule has 1 aromatic heterocycles. The van der Waals surface area contributed by atoms with Gasteiger partial charge in [0.05, 0.1) is 0 Å². The first-order chi connectivity index (χ1) is 9.72. The summed E-state index contributed by atoms with van der Waals surface area (Å²) in [4.78, 5) is 8.52. The molecular weight excluding hydrogens is 316 g/mol. The predicted octanol–water partition coefficient (Wildman–Crippen LogP) is 3.98. The minimum Gasteiger partial charge on any atom is -0.369 e. The third kappa shape index (κ3) is 3.70. The third-order valence-electron chi connectivity index (χ3n) is 3.04. The van der Waals surface area contributed by atoms with E-state index in [9.17, 15) is 0 Å². The quantitative estimate of drug-likeness (QED) is 0.838. The summed E-state index contributed by atoms with van der Waals surface area (Å²) in [5, 5.41) is 6.62. The van der Waals surface area contributed by atoms with Crippen molar-refractivity contribution in [2.24, 2.45) is 0 Å². The van der Waals surface area contributed by atoms with Crippen molar-refractivity contribution < 1.29 is 0 Å². The summed E-state index contributed by atoms with van der Waals surface area (Å²) in [5.74, 6) is 1.64. The molecule has 0 aliphatic rings. The molecule has 0 aliphatic heterocycles. The van der Waals surface area contributed by atoms with Crippen LogP contribution >= 0.6 is 15.9 Å². The van der Waals surface area contributed by atoms with Crippen LogP contribution in [0.5, 0.6) is 0 Å². The van der Waals surface area contributed by atoms with Crippen molar-refractivity contribution in [3.05, 3.63) is 46.2 Å². The molecule has 0 radical (unpaired) electrons. The van der Waals surface area contributed by atoms with E-state index in [0.29, 0.717) is 0 Å². The Labute approximate surface area is 128 Å². The molecule has 1 aromatic carbocycles. The Kier molecular flexibility index (Phi) is 5.35. The molecule has 5 heteroatoms. The van der Waals surface area contributed by atoms with Crippen molar-refractivity contribution in [1.82, 2.24) is 9.97 Å². The van der Waals surface area contributed by atoms with Crippen LogP contribution in [0.15, 0.2) is 35.1 Å². The maximum atomic E-state index is 4.28. The number of hydrogen-bond donors (Lipinski definition) is 2. The fourth-order valence-electron chi connectivity index (χ4n) is 1.85. The minimum absolute atomic E-state index is 0.746. The van der Waals surface area contributed by atoms with Gasteiger partial charge in [0, 0.05) is 13.1 Å². The maximum Gasteiger partial charge on any atom is 0.146 e. The Hall–Kier alpha value is -1.62. The molecule has 0 fully saturated rings. The molecule has 20 heavy (non-hydrogen) atoms. The van der Waals surface area contributed by atoms with E-state index in [0.717, 1.165) is 35.6 Å². The summed E-state index contributed by atoms with van der Waals surface area (Å²) >= 11 is 3.55. The average molecular weight is 335 g/mol. The maximum absolute atomic E-state index is 4.28. The first kappa shape index (κ1) is 14.8. The molecule has 0 saturated heterocycles. The molecule has 0 bridgehead atoms. The molecule has 0 spiro atoms. The lowest BCUT2D eigenvalue weighted by atomic mass is 10.1. The first-order valence-electron chi connectivity index (χ1n) is 6.75. The van der Waals surface area contributed by atoms with Crippen LogP contribution in [0.25, 0.3) is 0 Å². The zero-order chi connectivity index (χ0) is 14.4. The van der Waals surface area contributed by atoms with Crippen LogP contribution in [0.2, 0.25) is 0 Å². The zero-order valence-electron chi connectivity index (χ0n) is 11.8. The summed E-state index contributed by atoms with van der Waals surface area (Å²) in [6, 6.07) is 8.33. The van der Waals surface area contributed by atoms with Gasteiger partial charge in [0.2, 0.25) is 0 Å². The van der Waals surface area contributed by atoms with E-state index in [1.807, 2.05) is 12.1 Å². The van der Waals surface area contributed by atoms with Crippen LogP contribution in [0.3, 0.4) is 0 Å². The van der Waals surface area contributed by atoms with Crippen molar-refractivity contribution in [2.75, 3.05) is 17.2 Å². The average Bonchev–Trinajstić information content (AvgIpc) is 2.46. The Morgan fingerprint density at radius 2 is 1.80 bits per heavy atom. The SMILES string of the molecule is CCCNc1ncnc(NCc2ccccc2C)c1Br. The number of halogens is 1. The van der Waals surface area contributed by atoms with Crippen LogP contribution in [0.4, 0.5) is 11.6 Å². The summed E-state index contributed by atoms with van der Waals surface area (Å²) in [6.07, 6.45) is 2.63. The Bertz CT molecular complexity index is 572. The van der Waals surface area contributed by atoms with E-state index in [1.165, 1.54) is 11.1 Å². The number of rotatable bonds is 6. The van der Waals surface area contributed by atoms with Gasteiger partial charge in [-0.05, 0) is 40.4 Å². The monoisotopic (exact) mass is 334 g/mol. The number of anilines is 2. The third-order valence-corrected chi connectivity index (χ3v) is 3.79. The topological polar surface area (TPSA) is 49.8 Å². The number of nitrogens with zero attached hydrogens (tertiary/aromatic N) is 2. The smallest absolute Gasteiger partial charge is 0.146 e. The Morgan fingerprint density at radius 3 is 2.50 bits per heavy atom. The van der Waals surface area contributed by atoms with Crippen molar-refractivity contribution >= 4 is 27.6 Å². The van der Waals surface area contributed by atoms with Gasteiger partial charge in [0.1, 0.15) is 22.4 Å². The first-order valence-corrected chi connectivity index (χ1v) is 7.54. The van der Waals surface area contributed by atoms with Crippen LogP contribution in [0, 0.1) is 6.92 Å². The molecule has 0 aliphatic carbocycles. The number of benzene rings is 1. The van der Waals surface area contributed by atoms with Crippen LogP contribution < -0.4 is 10.6 Å². The summed E-state index contributed by atoms with van der Waals surface area (Å²) in [6.45, 7) is 5.88. The fourth-order valence-corrected chi connectivity index (χ4v) is 2.33. The molecule has 2 aromatic rings. The second-order valence-electron chi connectivity index (χ2n) is 4.59. The second kappa shape index (κ2) is 7.24. The van der Waals surface area contributed by atoms with Gasteiger partial charge in [0.15, 0.2) is 0 Å². The van der Waals surface area contributed by atoms with Crippen molar-refractivity contribution in [2.45, 2.75) is 26.8 Å². The normalized spacial score (nSPS) is 10.3. The number of aromatic nitrogens is 2. The van der Waals surface area contributed by atoms with Gasteiger partial charge in [0.25, 0.3) is 0 Å². The lowest BCUT2D eigenvalue weighted by Crippen LogP contribution is -2.08. The van der Waals surface area contributed by atoms with Crippen molar-refractivity contribution in [1.29, 1.82) is 0 Å². The van der Waals surface area contributed by atoms with E-state index < -0.39 is 0 Å². The highest BCUT2D eigenvalue weighted by Crippen LogP contribution is 2.26. The van der Waals surface area contributed by atoms with Crippen LogP contribution in [-0.2, 0) is 6.54 Å². The molecule has 0 saturated carbocycles. The highest BCUT2D eigenvalue weighted by atomic mass is 79.9. The minimum atomic E-state index is 0.746. The molecular formula is C15H19BrN4. The summed E-state index contributed by atoms with van der Waals surface area (Å²) < 4.78 is 0.877. The fraction of sp³-hybridized carbons (Fsp3) is 0.333. The second-order valence-corrected chi connectivity index (χ2v) is 5.38. The number of aryl methyl sites for hydroxylation is 1.